The highest BCUT2D eigenvalue weighted by atomic mass is 16.5. The number of nitrogens with two attached hydrogens (primary N) is 1. The average molecular weight is 364 g/mol. The number of hydrazone groups is 1. The number of Topliss-reactive ketones (excluding diaryl/α,β-unsaturated/α-hetero) is 1. The van der Waals surface area contributed by atoms with Crippen molar-refractivity contribution in [3.05, 3.63) is 65.7 Å². The lowest BCUT2D eigenvalue weighted by atomic mass is 9.83. The van der Waals surface area contributed by atoms with Crippen molar-refractivity contribution in [2.45, 2.75) is 38.5 Å². The maximum absolute atomic E-state index is 12.7. The Morgan fingerprint density at radius 2 is 1.63 bits per heavy atom. The summed E-state index contributed by atoms with van der Waals surface area (Å²) in [7, 11) is 0. The molecule has 2 N–H and O–H groups in total. The van der Waals surface area contributed by atoms with Gasteiger partial charge in [-0.15, -0.1) is 0 Å². The van der Waals surface area contributed by atoms with Gasteiger partial charge in [0.1, 0.15) is 11.5 Å². The minimum atomic E-state index is -0.333. The van der Waals surface area contributed by atoms with Gasteiger partial charge in [0.15, 0.2) is 5.78 Å². The first kappa shape index (κ1) is 18.8. The number of benzene rings is 2. The van der Waals surface area contributed by atoms with Crippen molar-refractivity contribution in [2.24, 2.45) is 16.9 Å². The summed E-state index contributed by atoms with van der Waals surface area (Å²) >= 11 is 0. The third kappa shape index (κ3) is 5.03. The van der Waals surface area contributed by atoms with Crippen molar-refractivity contribution in [3.63, 3.8) is 0 Å². The van der Waals surface area contributed by atoms with E-state index in [4.69, 9.17) is 10.6 Å². The van der Waals surface area contributed by atoms with E-state index in [0.717, 1.165) is 31.2 Å². The third-order valence-electron chi connectivity index (χ3n) is 4.89. The van der Waals surface area contributed by atoms with Gasteiger partial charge in [0.2, 0.25) is 0 Å². The van der Waals surface area contributed by atoms with Gasteiger partial charge >= 0.3 is 5.97 Å². The van der Waals surface area contributed by atoms with Gasteiger partial charge in [-0.2, -0.15) is 5.10 Å². The molecule has 0 atom stereocenters. The predicted molar refractivity (Wildman–Crippen MR) is 105 cm³/mol. The Balaban J connectivity index is 1.63. The van der Waals surface area contributed by atoms with Crippen LogP contribution in [0.15, 0.2) is 59.7 Å². The van der Waals surface area contributed by atoms with Crippen LogP contribution in [0.4, 0.5) is 0 Å². The lowest BCUT2D eigenvalue weighted by Gasteiger charge is -2.20. The SMILES string of the molecule is N/N=C(/C(=O)C1CCCCC1)c1ccc(OC(=O)Cc2ccccc2)cc1. The van der Waals surface area contributed by atoms with Crippen molar-refractivity contribution in [2.75, 3.05) is 0 Å². The Labute approximate surface area is 159 Å². The van der Waals surface area contributed by atoms with Crippen LogP contribution < -0.4 is 10.6 Å². The topological polar surface area (TPSA) is 81.8 Å². The number of ketones is 1. The molecule has 27 heavy (non-hydrogen) atoms. The van der Waals surface area contributed by atoms with Crippen molar-refractivity contribution < 1.29 is 14.3 Å². The zero-order valence-corrected chi connectivity index (χ0v) is 15.3. The van der Waals surface area contributed by atoms with Crippen molar-refractivity contribution in [1.82, 2.24) is 0 Å². The van der Waals surface area contributed by atoms with Gasteiger partial charge in [-0.25, -0.2) is 0 Å². The van der Waals surface area contributed by atoms with Crippen molar-refractivity contribution in [1.29, 1.82) is 0 Å². The summed E-state index contributed by atoms with van der Waals surface area (Å²) in [4.78, 5) is 24.8. The van der Waals surface area contributed by atoms with E-state index in [2.05, 4.69) is 5.10 Å². The molecule has 1 saturated carbocycles. The predicted octanol–water partition coefficient (Wildman–Crippen LogP) is 3.65. The summed E-state index contributed by atoms with van der Waals surface area (Å²) in [5.74, 6) is 5.61. The average Bonchev–Trinajstić information content (AvgIpc) is 2.71. The van der Waals surface area contributed by atoms with Crippen LogP contribution in [0.5, 0.6) is 5.75 Å². The molecule has 2 aromatic rings. The van der Waals surface area contributed by atoms with E-state index in [1.54, 1.807) is 24.3 Å². The van der Waals surface area contributed by atoms with Crippen LogP contribution >= 0.6 is 0 Å². The lowest BCUT2D eigenvalue weighted by molar-refractivity contribution is -0.133. The van der Waals surface area contributed by atoms with Crippen LogP contribution in [0.1, 0.15) is 43.2 Å². The van der Waals surface area contributed by atoms with E-state index in [1.165, 1.54) is 6.42 Å². The normalized spacial score (nSPS) is 15.3. The Hall–Kier alpha value is -2.95. The number of hydrogen-bond acceptors (Lipinski definition) is 5. The highest BCUT2D eigenvalue weighted by Crippen LogP contribution is 2.26. The molecule has 1 fully saturated rings. The zero-order chi connectivity index (χ0) is 19.1. The molecule has 0 unspecified atom stereocenters. The number of rotatable bonds is 6. The summed E-state index contributed by atoms with van der Waals surface area (Å²) in [6, 6.07) is 16.2. The standard InChI is InChI=1S/C22H24N2O3/c23-24-21(22(26)18-9-5-2-6-10-18)17-11-13-19(14-12-17)27-20(25)15-16-7-3-1-4-8-16/h1,3-4,7-8,11-14,18H,2,5-6,9-10,15,23H2/b24-21+. The first-order valence-corrected chi connectivity index (χ1v) is 9.34. The summed E-state index contributed by atoms with van der Waals surface area (Å²) in [5.41, 5.74) is 1.84. The van der Waals surface area contributed by atoms with E-state index >= 15 is 0 Å². The number of esters is 1. The molecule has 2 aromatic carbocycles. The number of ether oxygens (including phenoxy) is 1. The monoisotopic (exact) mass is 364 g/mol. The number of carbonyl (C=O) groups excluding carboxylic acids is 2. The summed E-state index contributed by atoms with van der Waals surface area (Å²) < 4.78 is 5.37. The van der Waals surface area contributed by atoms with Crippen LogP contribution in [-0.4, -0.2) is 17.5 Å². The smallest absolute Gasteiger partial charge is 0.315 e. The number of nitrogens with zero attached hydrogens (tertiary/aromatic N) is 1. The van der Waals surface area contributed by atoms with Gasteiger partial charge in [-0.05, 0) is 42.7 Å². The van der Waals surface area contributed by atoms with Gasteiger partial charge in [0, 0.05) is 11.5 Å². The molecule has 0 spiro atoms. The third-order valence-corrected chi connectivity index (χ3v) is 4.89. The Kier molecular flexibility index (Phi) is 6.36. The fourth-order valence-electron chi connectivity index (χ4n) is 3.45. The fraction of sp³-hybridized carbons (Fsp3) is 0.318. The molecule has 0 bridgehead atoms. The molecule has 0 saturated heterocycles. The molecule has 3 rings (SSSR count). The quantitative estimate of drug-likeness (QED) is 0.279. The molecule has 0 aliphatic heterocycles. The molecular weight excluding hydrogens is 340 g/mol. The Bertz CT molecular complexity index is 807. The molecule has 0 amide bonds. The van der Waals surface area contributed by atoms with E-state index in [0.29, 0.717) is 17.0 Å². The summed E-state index contributed by atoms with van der Waals surface area (Å²) in [6.45, 7) is 0. The molecule has 1 aliphatic carbocycles. The lowest BCUT2D eigenvalue weighted by Crippen LogP contribution is -2.27. The second kappa shape index (κ2) is 9.12. The van der Waals surface area contributed by atoms with E-state index < -0.39 is 0 Å². The van der Waals surface area contributed by atoms with E-state index in [9.17, 15) is 9.59 Å². The molecule has 5 nitrogen and oxygen atoms in total. The molecular formula is C22H24N2O3. The second-order valence-electron chi connectivity index (χ2n) is 6.84. The van der Waals surface area contributed by atoms with Crippen molar-refractivity contribution >= 4 is 17.5 Å². The van der Waals surface area contributed by atoms with Crippen LogP contribution in [0, 0.1) is 5.92 Å². The first-order valence-electron chi connectivity index (χ1n) is 9.34. The largest absolute Gasteiger partial charge is 0.426 e. The number of carbonyl (C=O) groups is 2. The van der Waals surface area contributed by atoms with E-state index in [1.807, 2.05) is 30.3 Å². The van der Waals surface area contributed by atoms with Crippen LogP contribution in [-0.2, 0) is 16.0 Å². The first-order chi connectivity index (χ1) is 13.2. The van der Waals surface area contributed by atoms with Gasteiger partial charge in [0.25, 0.3) is 0 Å². The fourth-order valence-corrected chi connectivity index (χ4v) is 3.45. The van der Waals surface area contributed by atoms with Crippen LogP contribution in [0.2, 0.25) is 0 Å². The molecule has 1 aliphatic rings. The van der Waals surface area contributed by atoms with Gasteiger partial charge in [-0.3, -0.25) is 9.59 Å². The minimum absolute atomic E-state index is 0.00410. The highest BCUT2D eigenvalue weighted by Gasteiger charge is 2.26. The molecule has 0 radical (unpaired) electrons. The summed E-state index contributed by atoms with van der Waals surface area (Å²) in [5, 5.41) is 3.74. The molecule has 0 heterocycles. The minimum Gasteiger partial charge on any atom is -0.426 e. The molecule has 0 aromatic heterocycles. The van der Waals surface area contributed by atoms with Gasteiger partial charge in [0.05, 0.1) is 6.42 Å². The second-order valence-corrected chi connectivity index (χ2v) is 6.84. The number of hydrogen-bond donors (Lipinski definition) is 1. The van der Waals surface area contributed by atoms with Gasteiger partial charge < -0.3 is 10.6 Å². The molecule has 5 heteroatoms. The summed E-state index contributed by atoms with van der Waals surface area (Å²) in [6.07, 6.45) is 5.33. The highest BCUT2D eigenvalue weighted by molar-refractivity contribution is 6.46. The van der Waals surface area contributed by atoms with Crippen LogP contribution in [0.25, 0.3) is 0 Å². The van der Waals surface area contributed by atoms with Crippen molar-refractivity contribution in [3.8, 4) is 5.75 Å². The zero-order valence-electron chi connectivity index (χ0n) is 15.3. The van der Waals surface area contributed by atoms with E-state index in [-0.39, 0.29) is 24.1 Å². The maximum Gasteiger partial charge on any atom is 0.315 e. The Morgan fingerprint density at radius 3 is 2.26 bits per heavy atom. The maximum atomic E-state index is 12.7. The van der Waals surface area contributed by atoms with Gasteiger partial charge in [-0.1, -0.05) is 49.6 Å². The van der Waals surface area contributed by atoms with Crippen LogP contribution in [0.3, 0.4) is 0 Å². The Morgan fingerprint density at radius 1 is 0.963 bits per heavy atom. The molecule has 140 valence electrons.